The number of aromatic nitrogens is 2. The average molecular weight is 460 g/mol. The largest absolute Gasteiger partial charge is 0.573 e. The molecule has 0 radical (unpaired) electrons. The molecular formula is C23H23F3N4O3. The molecule has 0 spiro atoms. The molecule has 2 aromatic carbocycles. The molecule has 2 aliphatic heterocycles. The molecule has 0 aliphatic carbocycles. The molecule has 2 aliphatic rings. The molecule has 174 valence electrons. The molecule has 2 saturated heterocycles. The van der Waals surface area contributed by atoms with Crippen LogP contribution >= 0.6 is 0 Å². The number of hydrogen-bond acceptors (Lipinski definition) is 6. The highest BCUT2D eigenvalue weighted by Gasteiger charge is 2.32. The van der Waals surface area contributed by atoms with Crippen LogP contribution in [0, 0.1) is 0 Å². The van der Waals surface area contributed by atoms with Crippen molar-refractivity contribution in [3.63, 3.8) is 0 Å². The van der Waals surface area contributed by atoms with Gasteiger partial charge in [0.25, 0.3) is 5.56 Å². The zero-order chi connectivity index (χ0) is 23.2. The van der Waals surface area contributed by atoms with Crippen molar-refractivity contribution in [3.8, 4) is 11.4 Å². The second kappa shape index (κ2) is 8.35. The van der Waals surface area contributed by atoms with Crippen molar-refractivity contribution in [2.75, 3.05) is 51.3 Å². The summed E-state index contributed by atoms with van der Waals surface area (Å²) in [6.45, 7) is 4.04. The minimum Gasteiger partial charge on any atom is -0.406 e. The van der Waals surface area contributed by atoms with Gasteiger partial charge in [0, 0.05) is 38.2 Å². The second-order valence-corrected chi connectivity index (χ2v) is 8.42. The van der Waals surface area contributed by atoms with E-state index in [0.717, 1.165) is 18.7 Å². The number of rotatable bonds is 4. The van der Waals surface area contributed by atoms with Crippen LogP contribution in [0.15, 0.2) is 47.5 Å². The van der Waals surface area contributed by atoms with Crippen molar-refractivity contribution in [3.05, 3.63) is 58.6 Å². The van der Waals surface area contributed by atoms with Crippen molar-refractivity contribution in [2.24, 2.45) is 0 Å². The lowest BCUT2D eigenvalue weighted by molar-refractivity contribution is -0.274. The van der Waals surface area contributed by atoms with E-state index in [1.54, 1.807) is 6.07 Å². The van der Waals surface area contributed by atoms with E-state index in [1.165, 1.54) is 29.1 Å². The van der Waals surface area contributed by atoms with Gasteiger partial charge in [0.2, 0.25) is 0 Å². The molecule has 1 aromatic heterocycles. The van der Waals surface area contributed by atoms with Crippen LogP contribution in [-0.4, -0.2) is 67.3 Å². The van der Waals surface area contributed by atoms with E-state index in [4.69, 9.17) is 4.74 Å². The van der Waals surface area contributed by atoms with Crippen LogP contribution in [0.2, 0.25) is 0 Å². The molecule has 0 atom stereocenters. The third-order valence-electron chi connectivity index (χ3n) is 6.18. The number of piperazine rings is 1. The van der Waals surface area contributed by atoms with E-state index in [0.29, 0.717) is 54.5 Å². The highest BCUT2D eigenvalue weighted by atomic mass is 19.4. The van der Waals surface area contributed by atoms with Gasteiger partial charge in [0.15, 0.2) is 0 Å². The maximum atomic E-state index is 13.4. The smallest absolute Gasteiger partial charge is 0.406 e. The van der Waals surface area contributed by atoms with E-state index in [-0.39, 0.29) is 11.3 Å². The summed E-state index contributed by atoms with van der Waals surface area (Å²) in [5.41, 5.74) is 2.33. The predicted molar refractivity (Wildman–Crippen MR) is 117 cm³/mol. The van der Waals surface area contributed by atoms with Gasteiger partial charge >= 0.3 is 6.36 Å². The Morgan fingerprint density at radius 3 is 2.45 bits per heavy atom. The van der Waals surface area contributed by atoms with Crippen LogP contribution in [0.3, 0.4) is 0 Å². The molecule has 0 unspecified atom stereocenters. The highest BCUT2D eigenvalue weighted by molar-refractivity contribution is 5.79. The summed E-state index contributed by atoms with van der Waals surface area (Å²) < 4.78 is 49.3. The van der Waals surface area contributed by atoms with Crippen LogP contribution in [0.4, 0.5) is 18.9 Å². The van der Waals surface area contributed by atoms with Crippen molar-refractivity contribution >= 4 is 16.6 Å². The summed E-state index contributed by atoms with van der Waals surface area (Å²) in [6, 6.07) is 9.60. The fourth-order valence-corrected chi connectivity index (χ4v) is 4.20. The molecular weight excluding hydrogens is 437 g/mol. The van der Waals surface area contributed by atoms with Gasteiger partial charge in [-0.15, -0.1) is 13.2 Å². The Bertz CT molecular complexity index is 1230. The summed E-state index contributed by atoms with van der Waals surface area (Å²) in [4.78, 5) is 21.9. The SMILES string of the molecule is CN1CCN(c2cc(OC(F)(F)F)ccc2-n2cnc3cc(C4COC4)ccc3c2=O)CC1. The van der Waals surface area contributed by atoms with E-state index in [2.05, 4.69) is 14.6 Å². The number of hydrogen-bond donors (Lipinski definition) is 0. The minimum absolute atomic E-state index is 0.281. The van der Waals surface area contributed by atoms with Crippen molar-refractivity contribution in [2.45, 2.75) is 12.3 Å². The summed E-state index contributed by atoms with van der Waals surface area (Å²) in [6.07, 6.45) is -3.36. The fraction of sp³-hybridized carbons (Fsp3) is 0.391. The van der Waals surface area contributed by atoms with Crippen LogP contribution in [0.1, 0.15) is 11.5 Å². The van der Waals surface area contributed by atoms with Gasteiger partial charge in [-0.3, -0.25) is 9.36 Å². The molecule has 7 nitrogen and oxygen atoms in total. The van der Waals surface area contributed by atoms with E-state index in [9.17, 15) is 18.0 Å². The summed E-state index contributed by atoms with van der Waals surface area (Å²) in [5.74, 6) is -0.0158. The number of alkyl halides is 3. The Hall–Kier alpha value is -3.11. The third kappa shape index (κ3) is 4.40. The topological polar surface area (TPSA) is 59.8 Å². The van der Waals surface area contributed by atoms with Gasteiger partial charge in [-0.05, 0) is 36.9 Å². The number of ether oxygens (including phenoxy) is 2. The van der Waals surface area contributed by atoms with Gasteiger partial charge in [-0.2, -0.15) is 0 Å². The van der Waals surface area contributed by atoms with Crippen LogP contribution in [-0.2, 0) is 4.74 Å². The Morgan fingerprint density at radius 2 is 1.79 bits per heavy atom. The second-order valence-electron chi connectivity index (χ2n) is 8.42. The zero-order valence-electron chi connectivity index (χ0n) is 18.0. The number of nitrogens with zero attached hydrogens (tertiary/aromatic N) is 4. The van der Waals surface area contributed by atoms with Crippen molar-refractivity contribution in [1.29, 1.82) is 0 Å². The van der Waals surface area contributed by atoms with E-state index in [1.807, 2.05) is 24.1 Å². The Kier molecular flexibility index (Phi) is 5.49. The van der Waals surface area contributed by atoms with E-state index >= 15 is 0 Å². The summed E-state index contributed by atoms with van der Waals surface area (Å²) in [7, 11) is 1.99. The molecule has 0 N–H and O–H groups in total. The first kappa shape index (κ1) is 21.7. The number of halogens is 3. The zero-order valence-corrected chi connectivity index (χ0v) is 18.0. The number of anilines is 1. The summed E-state index contributed by atoms with van der Waals surface area (Å²) in [5, 5.41) is 0.446. The molecule has 2 fully saturated rings. The van der Waals surface area contributed by atoms with Crippen LogP contribution in [0.25, 0.3) is 16.6 Å². The Balaban J connectivity index is 1.58. The lowest BCUT2D eigenvalue weighted by Crippen LogP contribution is -2.45. The molecule has 3 heterocycles. The molecule has 0 bridgehead atoms. The standard InChI is InChI=1S/C23H23F3N4O3/c1-28-6-8-29(9-7-28)21-11-17(33-23(24,25)26)3-5-20(21)30-14-27-19-10-15(16-12-32-13-16)2-4-18(19)22(30)31/h2-5,10-11,14,16H,6-9,12-13H2,1H3. The van der Waals surface area contributed by atoms with Gasteiger partial charge in [0.05, 0.1) is 35.5 Å². The molecule has 10 heteroatoms. The number of fused-ring (bicyclic) bond motifs is 1. The first-order chi connectivity index (χ1) is 15.8. The monoisotopic (exact) mass is 460 g/mol. The van der Waals surface area contributed by atoms with Gasteiger partial charge in [-0.25, -0.2) is 4.98 Å². The van der Waals surface area contributed by atoms with Crippen LogP contribution in [0.5, 0.6) is 5.75 Å². The molecule has 5 rings (SSSR count). The number of likely N-dealkylation sites (N-methyl/N-ethyl adjacent to an activating group) is 1. The Morgan fingerprint density at radius 1 is 1.03 bits per heavy atom. The molecule has 0 saturated carbocycles. The highest BCUT2D eigenvalue weighted by Crippen LogP contribution is 2.32. The normalized spacial score (nSPS) is 17.9. The fourth-order valence-electron chi connectivity index (χ4n) is 4.20. The summed E-state index contributed by atoms with van der Waals surface area (Å²) >= 11 is 0. The van der Waals surface area contributed by atoms with Gasteiger partial charge in [0.1, 0.15) is 12.1 Å². The van der Waals surface area contributed by atoms with Gasteiger partial charge in [-0.1, -0.05) is 6.07 Å². The predicted octanol–water partition coefficient (Wildman–Crippen LogP) is 3.15. The third-order valence-corrected chi connectivity index (χ3v) is 6.18. The molecule has 33 heavy (non-hydrogen) atoms. The maximum Gasteiger partial charge on any atom is 0.573 e. The molecule has 3 aromatic rings. The minimum atomic E-state index is -4.80. The van der Waals surface area contributed by atoms with Crippen molar-refractivity contribution in [1.82, 2.24) is 14.5 Å². The average Bonchev–Trinajstić information content (AvgIpc) is 2.73. The Labute approximate surface area is 187 Å². The number of benzene rings is 2. The quantitative estimate of drug-likeness (QED) is 0.596. The van der Waals surface area contributed by atoms with Gasteiger partial charge < -0.3 is 19.3 Å². The van der Waals surface area contributed by atoms with Crippen LogP contribution < -0.4 is 15.2 Å². The first-order valence-electron chi connectivity index (χ1n) is 10.7. The van der Waals surface area contributed by atoms with E-state index < -0.39 is 6.36 Å². The lowest BCUT2D eigenvalue weighted by Gasteiger charge is -2.35. The first-order valence-corrected chi connectivity index (χ1v) is 10.7. The maximum absolute atomic E-state index is 13.4. The van der Waals surface area contributed by atoms with Crippen molar-refractivity contribution < 1.29 is 22.6 Å². The molecule has 0 amide bonds. The lowest BCUT2D eigenvalue weighted by atomic mass is 9.97.